The summed E-state index contributed by atoms with van der Waals surface area (Å²) in [6.07, 6.45) is 1.49. The molecular weight excluding hydrogens is 386 g/mol. The first kappa shape index (κ1) is 19.2. The van der Waals surface area contributed by atoms with Crippen LogP contribution in [0.1, 0.15) is 30.0 Å². The van der Waals surface area contributed by atoms with Crippen molar-refractivity contribution in [3.05, 3.63) is 47.9 Å². The normalized spacial score (nSPS) is 10.6. The molecule has 0 spiro atoms. The van der Waals surface area contributed by atoms with E-state index in [1.165, 1.54) is 29.4 Å². The highest BCUT2D eigenvalue weighted by molar-refractivity contribution is 8.00. The van der Waals surface area contributed by atoms with Crippen LogP contribution < -0.4 is 10.1 Å². The number of carbonyl (C=O) groups excluding carboxylic acids is 1. The molecule has 9 heteroatoms. The van der Waals surface area contributed by atoms with Crippen LogP contribution in [0.5, 0.6) is 5.75 Å². The standard InChI is InChI=1S/C18H19N3O4S2/c1-3-23-14-8-6-5-7-13(14)19-17-20-21-18(27-17)26-11-15-12(9-10-25-15)16(22)24-4-2/h5-10H,3-4,11H2,1-2H3,(H,19,20). The van der Waals surface area contributed by atoms with Gasteiger partial charge in [-0.2, -0.15) is 0 Å². The molecule has 2 heterocycles. The van der Waals surface area contributed by atoms with Gasteiger partial charge >= 0.3 is 5.97 Å². The highest BCUT2D eigenvalue weighted by Crippen LogP contribution is 2.33. The van der Waals surface area contributed by atoms with Crippen LogP contribution in [0.25, 0.3) is 0 Å². The third-order valence-electron chi connectivity index (χ3n) is 3.40. The molecule has 3 rings (SSSR count). The Morgan fingerprint density at radius 1 is 1.22 bits per heavy atom. The average molecular weight is 406 g/mol. The SMILES string of the molecule is CCOC(=O)c1ccoc1CSc1nnc(Nc2ccccc2OCC)s1. The van der Waals surface area contributed by atoms with Crippen LogP contribution in [0.2, 0.25) is 0 Å². The maximum Gasteiger partial charge on any atom is 0.341 e. The number of thioether (sulfide) groups is 1. The van der Waals surface area contributed by atoms with Gasteiger partial charge in [0.25, 0.3) is 0 Å². The number of hydrogen-bond acceptors (Lipinski definition) is 9. The van der Waals surface area contributed by atoms with Crippen LogP contribution in [0, 0.1) is 0 Å². The zero-order valence-corrected chi connectivity index (χ0v) is 16.6. The van der Waals surface area contributed by atoms with Crippen molar-refractivity contribution in [2.45, 2.75) is 23.9 Å². The predicted octanol–water partition coefficient (Wildman–Crippen LogP) is 4.74. The average Bonchev–Trinajstić information content (AvgIpc) is 3.31. The summed E-state index contributed by atoms with van der Waals surface area (Å²) in [5.74, 6) is 1.41. The zero-order valence-electron chi connectivity index (χ0n) is 14.9. The summed E-state index contributed by atoms with van der Waals surface area (Å²) in [5.41, 5.74) is 1.28. The molecule has 0 aliphatic heterocycles. The van der Waals surface area contributed by atoms with Crippen molar-refractivity contribution in [1.82, 2.24) is 10.2 Å². The number of hydrogen-bond donors (Lipinski definition) is 1. The van der Waals surface area contributed by atoms with E-state index in [4.69, 9.17) is 13.9 Å². The minimum absolute atomic E-state index is 0.325. The third-order valence-corrected chi connectivity index (χ3v) is 5.37. The number of aromatic nitrogens is 2. The highest BCUT2D eigenvalue weighted by Gasteiger charge is 2.17. The number of nitrogens with one attached hydrogen (secondary N) is 1. The van der Waals surface area contributed by atoms with E-state index in [0.717, 1.165) is 15.8 Å². The van der Waals surface area contributed by atoms with E-state index >= 15 is 0 Å². The van der Waals surface area contributed by atoms with Gasteiger partial charge in [-0.15, -0.1) is 10.2 Å². The Bertz CT molecular complexity index is 894. The molecule has 0 radical (unpaired) electrons. The van der Waals surface area contributed by atoms with Crippen molar-refractivity contribution >= 4 is 39.9 Å². The summed E-state index contributed by atoms with van der Waals surface area (Å²) in [5, 5.41) is 12.2. The second-order valence-corrected chi connectivity index (χ2v) is 7.39. The smallest absolute Gasteiger partial charge is 0.341 e. The van der Waals surface area contributed by atoms with Crippen LogP contribution in [-0.2, 0) is 10.5 Å². The van der Waals surface area contributed by atoms with Crippen molar-refractivity contribution in [2.75, 3.05) is 18.5 Å². The summed E-state index contributed by atoms with van der Waals surface area (Å²) in [6, 6.07) is 9.28. The second-order valence-electron chi connectivity index (χ2n) is 5.19. The number of ether oxygens (including phenoxy) is 2. The molecule has 1 aromatic carbocycles. The number of esters is 1. The topological polar surface area (TPSA) is 86.5 Å². The fourth-order valence-corrected chi connectivity index (χ4v) is 3.97. The summed E-state index contributed by atoms with van der Waals surface area (Å²) in [4.78, 5) is 11.9. The fraction of sp³-hybridized carbons (Fsp3) is 0.278. The van der Waals surface area contributed by atoms with Gasteiger partial charge in [0.1, 0.15) is 17.1 Å². The first-order chi connectivity index (χ1) is 13.2. The lowest BCUT2D eigenvalue weighted by Crippen LogP contribution is -2.05. The third kappa shape index (κ3) is 5.01. The Labute approximate surface area is 165 Å². The van der Waals surface area contributed by atoms with Gasteiger partial charge in [0.05, 0.1) is 30.9 Å². The van der Waals surface area contributed by atoms with Gasteiger partial charge in [0, 0.05) is 0 Å². The number of nitrogens with zero attached hydrogens (tertiary/aromatic N) is 2. The molecule has 7 nitrogen and oxygen atoms in total. The summed E-state index contributed by atoms with van der Waals surface area (Å²) in [6.45, 7) is 4.62. The molecule has 0 amide bonds. The van der Waals surface area contributed by atoms with Crippen molar-refractivity contribution in [2.24, 2.45) is 0 Å². The fourth-order valence-electron chi connectivity index (χ4n) is 2.26. The van der Waals surface area contributed by atoms with Crippen LogP contribution in [-0.4, -0.2) is 29.4 Å². The summed E-state index contributed by atoms with van der Waals surface area (Å²) in [7, 11) is 0. The molecule has 0 saturated carbocycles. The molecule has 27 heavy (non-hydrogen) atoms. The van der Waals surface area contributed by atoms with Gasteiger partial charge in [-0.05, 0) is 32.0 Å². The van der Waals surface area contributed by atoms with Gasteiger partial charge in [-0.25, -0.2) is 4.79 Å². The van der Waals surface area contributed by atoms with Crippen LogP contribution in [0.3, 0.4) is 0 Å². The molecule has 3 aromatic rings. The minimum atomic E-state index is -0.381. The predicted molar refractivity (Wildman–Crippen MR) is 105 cm³/mol. The molecule has 142 valence electrons. The van der Waals surface area contributed by atoms with E-state index in [2.05, 4.69) is 15.5 Å². The molecule has 0 atom stereocenters. The van der Waals surface area contributed by atoms with Crippen LogP contribution in [0.4, 0.5) is 10.8 Å². The number of rotatable bonds is 9. The monoisotopic (exact) mass is 405 g/mol. The van der Waals surface area contributed by atoms with Crippen LogP contribution >= 0.6 is 23.1 Å². The Morgan fingerprint density at radius 2 is 2.07 bits per heavy atom. The van der Waals surface area contributed by atoms with Crippen molar-refractivity contribution in [1.29, 1.82) is 0 Å². The van der Waals surface area contributed by atoms with Gasteiger partial charge in [-0.3, -0.25) is 0 Å². The lowest BCUT2D eigenvalue weighted by molar-refractivity contribution is 0.0524. The Kier molecular flexibility index (Phi) is 6.72. The van der Waals surface area contributed by atoms with E-state index in [9.17, 15) is 4.79 Å². The van der Waals surface area contributed by atoms with Crippen molar-refractivity contribution in [3.63, 3.8) is 0 Å². The molecule has 0 fully saturated rings. The first-order valence-corrected chi connectivity index (χ1v) is 10.2. The first-order valence-electron chi connectivity index (χ1n) is 8.39. The maximum atomic E-state index is 11.9. The number of carbonyl (C=O) groups is 1. The highest BCUT2D eigenvalue weighted by atomic mass is 32.2. The quantitative estimate of drug-likeness (QED) is 0.403. The van der Waals surface area contributed by atoms with E-state index in [-0.39, 0.29) is 5.97 Å². The van der Waals surface area contributed by atoms with E-state index in [0.29, 0.717) is 35.4 Å². The Morgan fingerprint density at radius 3 is 2.89 bits per heavy atom. The number of benzene rings is 1. The van der Waals surface area contributed by atoms with Crippen LogP contribution in [0.15, 0.2) is 45.4 Å². The lowest BCUT2D eigenvalue weighted by Gasteiger charge is -2.09. The molecule has 0 aliphatic carbocycles. The van der Waals surface area contributed by atoms with Crippen molar-refractivity contribution in [3.8, 4) is 5.75 Å². The molecular formula is C18H19N3O4S2. The van der Waals surface area contributed by atoms with Gasteiger partial charge in [0.2, 0.25) is 5.13 Å². The maximum absolute atomic E-state index is 11.9. The molecule has 0 unspecified atom stereocenters. The van der Waals surface area contributed by atoms with Gasteiger partial charge < -0.3 is 19.2 Å². The van der Waals surface area contributed by atoms with Crippen molar-refractivity contribution < 1.29 is 18.7 Å². The number of anilines is 2. The van der Waals surface area contributed by atoms with Gasteiger partial charge in [0.15, 0.2) is 4.34 Å². The second kappa shape index (κ2) is 9.43. The summed E-state index contributed by atoms with van der Waals surface area (Å²) < 4.78 is 16.8. The lowest BCUT2D eigenvalue weighted by atomic mass is 10.3. The number of para-hydroxylation sites is 2. The summed E-state index contributed by atoms with van der Waals surface area (Å²) >= 11 is 2.86. The minimum Gasteiger partial charge on any atom is -0.492 e. The van der Waals surface area contributed by atoms with E-state index in [1.807, 2.05) is 31.2 Å². The molecule has 1 N–H and O–H groups in total. The molecule has 0 aliphatic rings. The molecule has 0 bridgehead atoms. The Hall–Kier alpha value is -2.52. The Balaban J connectivity index is 1.63. The van der Waals surface area contributed by atoms with Gasteiger partial charge in [-0.1, -0.05) is 35.2 Å². The largest absolute Gasteiger partial charge is 0.492 e. The van der Waals surface area contributed by atoms with E-state index < -0.39 is 0 Å². The molecule has 0 saturated heterocycles. The number of furan rings is 1. The van der Waals surface area contributed by atoms with E-state index in [1.54, 1.807) is 13.0 Å². The molecule has 2 aromatic heterocycles. The zero-order chi connectivity index (χ0) is 19.1.